The second kappa shape index (κ2) is 5.86. The van der Waals surface area contributed by atoms with Crippen LogP contribution in [-0.2, 0) is 0 Å². The number of pyridine rings is 1. The first-order valence-corrected chi connectivity index (χ1v) is 6.60. The first-order chi connectivity index (χ1) is 9.00. The Balaban J connectivity index is 2.30. The maximum atomic E-state index is 13.4. The van der Waals surface area contributed by atoms with Crippen LogP contribution in [0, 0.1) is 5.82 Å². The van der Waals surface area contributed by atoms with Crippen LogP contribution in [0.3, 0.4) is 0 Å². The summed E-state index contributed by atoms with van der Waals surface area (Å²) in [6.45, 7) is 0. The van der Waals surface area contributed by atoms with Crippen molar-refractivity contribution in [3.05, 3.63) is 56.5 Å². The van der Waals surface area contributed by atoms with E-state index in [-0.39, 0.29) is 15.6 Å². The Morgan fingerprint density at radius 2 is 2.00 bits per heavy atom. The molecule has 2 aromatic rings. The standard InChI is InChI=1S/C12H6BrCl2FN2O/c13-7-1-2-9(11(15)10(7)14)18-12(19)6-3-4-17-5-8(6)16/h1-5H,(H,18,19). The lowest BCUT2D eigenvalue weighted by atomic mass is 10.2. The summed E-state index contributed by atoms with van der Waals surface area (Å²) in [5.41, 5.74) is 0.182. The molecule has 19 heavy (non-hydrogen) atoms. The second-order valence-electron chi connectivity index (χ2n) is 3.53. The van der Waals surface area contributed by atoms with Crippen molar-refractivity contribution in [3.63, 3.8) is 0 Å². The van der Waals surface area contributed by atoms with E-state index in [1.807, 2.05) is 0 Å². The zero-order chi connectivity index (χ0) is 14.0. The minimum atomic E-state index is -0.709. The van der Waals surface area contributed by atoms with E-state index >= 15 is 0 Å². The molecular formula is C12H6BrCl2FN2O. The van der Waals surface area contributed by atoms with Gasteiger partial charge in [-0.15, -0.1) is 0 Å². The summed E-state index contributed by atoms with van der Waals surface area (Å²) < 4.78 is 14.0. The molecule has 1 aromatic heterocycles. The largest absolute Gasteiger partial charge is 0.320 e. The van der Waals surface area contributed by atoms with E-state index in [0.29, 0.717) is 10.2 Å². The Kier molecular flexibility index (Phi) is 4.39. The first kappa shape index (κ1) is 14.2. The van der Waals surface area contributed by atoms with Crippen molar-refractivity contribution in [2.24, 2.45) is 0 Å². The van der Waals surface area contributed by atoms with Gasteiger partial charge in [-0.1, -0.05) is 23.2 Å². The molecule has 7 heteroatoms. The number of anilines is 1. The Morgan fingerprint density at radius 1 is 1.26 bits per heavy atom. The zero-order valence-corrected chi connectivity index (χ0v) is 12.4. The van der Waals surface area contributed by atoms with Crippen LogP contribution in [0.2, 0.25) is 10.0 Å². The summed E-state index contributed by atoms with van der Waals surface area (Å²) in [5.74, 6) is -1.33. The van der Waals surface area contributed by atoms with Gasteiger partial charge in [-0.25, -0.2) is 4.39 Å². The molecule has 0 spiro atoms. The minimum Gasteiger partial charge on any atom is -0.320 e. The molecule has 0 aliphatic carbocycles. The molecule has 0 saturated carbocycles. The third-order valence-corrected chi connectivity index (χ3v) is 4.07. The lowest BCUT2D eigenvalue weighted by Gasteiger charge is -2.09. The Morgan fingerprint density at radius 3 is 2.68 bits per heavy atom. The lowest BCUT2D eigenvalue weighted by Crippen LogP contribution is -2.14. The zero-order valence-electron chi connectivity index (χ0n) is 9.25. The van der Waals surface area contributed by atoms with Crippen molar-refractivity contribution >= 4 is 50.7 Å². The van der Waals surface area contributed by atoms with Gasteiger partial charge in [-0.05, 0) is 34.1 Å². The number of nitrogens with one attached hydrogen (secondary N) is 1. The van der Waals surface area contributed by atoms with Gasteiger partial charge in [-0.2, -0.15) is 0 Å². The molecule has 0 atom stereocenters. The number of carbonyl (C=O) groups excluding carboxylic acids is 1. The quantitative estimate of drug-likeness (QED) is 0.795. The number of amides is 1. The summed E-state index contributed by atoms with van der Waals surface area (Å²) in [4.78, 5) is 15.5. The molecular weight excluding hydrogens is 358 g/mol. The Bertz CT molecular complexity index is 652. The second-order valence-corrected chi connectivity index (χ2v) is 5.14. The highest BCUT2D eigenvalue weighted by Gasteiger charge is 2.15. The van der Waals surface area contributed by atoms with Crippen LogP contribution in [0.25, 0.3) is 0 Å². The van der Waals surface area contributed by atoms with Crippen LogP contribution in [0.15, 0.2) is 35.1 Å². The van der Waals surface area contributed by atoms with E-state index in [2.05, 4.69) is 26.2 Å². The molecule has 1 heterocycles. The predicted molar refractivity (Wildman–Crippen MR) is 76.3 cm³/mol. The molecule has 3 nitrogen and oxygen atoms in total. The number of carbonyl (C=O) groups is 1. The van der Waals surface area contributed by atoms with Crippen LogP contribution in [0.4, 0.5) is 10.1 Å². The fourth-order valence-corrected chi connectivity index (χ4v) is 2.19. The molecule has 0 aliphatic heterocycles. The summed E-state index contributed by atoms with van der Waals surface area (Å²) >= 11 is 15.1. The smallest absolute Gasteiger partial charge is 0.258 e. The maximum Gasteiger partial charge on any atom is 0.258 e. The van der Waals surface area contributed by atoms with E-state index in [9.17, 15) is 9.18 Å². The Hall–Kier alpha value is -1.17. The minimum absolute atomic E-state index is 0.120. The van der Waals surface area contributed by atoms with Crippen molar-refractivity contribution in [1.29, 1.82) is 0 Å². The van der Waals surface area contributed by atoms with E-state index < -0.39 is 11.7 Å². The van der Waals surface area contributed by atoms with Gasteiger partial charge in [0.1, 0.15) is 0 Å². The fourth-order valence-electron chi connectivity index (χ4n) is 1.37. The summed E-state index contributed by atoms with van der Waals surface area (Å²) in [6.07, 6.45) is 2.29. The highest BCUT2D eigenvalue weighted by molar-refractivity contribution is 9.10. The number of hydrogen-bond donors (Lipinski definition) is 1. The molecule has 1 N–H and O–H groups in total. The van der Waals surface area contributed by atoms with Gasteiger partial charge in [0.25, 0.3) is 5.91 Å². The average Bonchev–Trinajstić information content (AvgIpc) is 2.40. The van der Waals surface area contributed by atoms with E-state index in [4.69, 9.17) is 23.2 Å². The van der Waals surface area contributed by atoms with E-state index in [0.717, 1.165) is 6.20 Å². The number of benzene rings is 1. The molecule has 0 unspecified atom stereocenters. The van der Waals surface area contributed by atoms with Gasteiger partial charge in [0, 0.05) is 10.7 Å². The van der Waals surface area contributed by atoms with Gasteiger partial charge in [0.05, 0.1) is 27.5 Å². The Labute approximate surface area is 126 Å². The topological polar surface area (TPSA) is 42.0 Å². The highest BCUT2D eigenvalue weighted by atomic mass is 79.9. The molecule has 0 saturated heterocycles. The van der Waals surface area contributed by atoms with Gasteiger partial charge in [0.15, 0.2) is 5.82 Å². The molecule has 0 bridgehead atoms. The fraction of sp³-hybridized carbons (Fsp3) is 0. The summed E-state index contributed by atoms with van der Waals surface area (Å²) in [6, 6.07) is 4.47. The van der Waals surface area contributed by atoms with Crippen molar-refractivity contribution < 1.29 is 9.18 Å². The molecule has 1 amide bonds. The summed E-state index contributed by atoms with van der Waals surface area (Å²) in [5, 5.41) is 2.94. The molecule has 0 radical (unpaired) electrons. The average molecular weight is 364 g/mol. The van der Waals surface area contributed by atoms with E-state index in [1.54, 1.807) is 12.1 Å². The number of rotatable bonds is 2. The van der Waals surface area contributed by atoms with Crippen molar-refractivity contribution in [1.82, 2.24) is 4.98 Å². The number of hydrogen-bond acceptors (Lipinski definition) is 2. The monoisotopic (exact) mass is 362 g/mol. The van der Waals surface area contributed by atoms with Crippen molar-refractivity contribution in [2.75, 3.05) is 5.32 Å². The predicted octanol–water partition coefficient (Wildman–Crippen LogP) is 4.54. The van der Waals surface area contributed by atoms with E-state index in [1.165, 1.54) is 12.3 Å². The molecule has 0 fully saturated rings. The maximum absolute atomic E-state index is 13.4. The van der Waals surface area contributed by atoms with Crippen LogP contribution in [-0.4, -0.2) is 10.9 Å². The van der Waals surface area contributed by atoms with Gasteiger partial charge in [0.2, 0.25) is 0 Å². The number of aromatic nitrogens is 1. The molecule has 1 aromatic carbocycles. The van der Waals surface area contributed by atoms with Gasteiger partial charge in [-0.3, -0.25) is 9.78 Å². The van der Waals surface area contributed by atoms with Crippen molar-refractivity contribution in [2.45, 2.75) is 0 Å². The van der Waals surface area contributed by atoms with Crippen LogP contribution in [0.1, 0.15) is 10.4 Å². The summed E-state index contributed by atoms with van der Waals surface area (Å²) in [7, 11) is 0. The molecule has 98 valence electrons. The normalized spacial score (nSPS) is 10.3. The number of halogens is 4. The molecule has 2 rings (SSSR count). The van der Waals surface area contributed by atoms with Gasteiger partial charge >= 0.3 is 0 Å². The van der Waals surface area contributed by atoms with Gasteiger partial charge < -0.3 is 5.32 Å². The van der Waals surface area contributed by atoms with Crippen LogP contribution < -0.4 is 5.32 Å². The first-order valence-electron chi connectivity index (χ1n) is 5.05. The highest BCUT2D eigenvalue weighted by Crippen LogP contribution is 2.35. The van der Waals surface area contributed by atoms with Crippen LogP contribution >= 0.6 is 39.1 Å². The lowest BCUT2D eigenvalue weighted by molar-refractivity contribution is 0.102. The third kappa shape index (κ3) is 3.05. The van der Waals surface area contributed by atoms with Crippen LogP contribution in [0.5, 0.6) is 0 Å². The van der Waals surface area contributed by atoms with Crippen molar-refractivity contribution in [3.8, 4) is 0 Å². The molecule has 0 aliphatic rings. The SMILES string of the molecule is O=C(Nc1ccc(Br)c(Cl)c1Cl)c1ccncc1F. The third-order valence-electron chi connectivity index (χ3n) is 2.30. The number of nitrogens with zero attached hydrogens (tertiary/aromatic N) is 1.